The predicted octanol–water partition coefficient (Wildman–Crippen LogP) is 4.74. The average molecular weight is 293 g/mol. The van der Waals surface area contributed by atoms with Gasteiger partial charge in [0.2, 0.25) is 0 Å². The highest BCUT2D eigenvalue weighted by Crippen LogP contribution is 2.27. The number of halogens is 2. The lowest BCUT2D eigenvalue weighted by Gasteiger charge is -2.12. The highest BCUT2D eigenvalue weighted by atomic mass is 35.5. The fourth-order valence-electron chi connectivity index (χ4n) is 1.88. The molecule has 0 aliphatic rings. The van der Waals surface area contributed by atoms with Gasteiger partial charge in [-0.1, -0.05) is 17.7 Å². The molecule has 0 aromatic heterocycles. The summed E-state index contributed by atoms with van der Waals surface area (Å²) in [4.78, 5) is 11.9. The molecule has 0 radical (unpaired) electrons. The largest absolute Gasteiger partial charge is 0.323 e. The van der Waals surface area contributed by atoms with E-state index in [2.05, 4.69) is 10.6 Å². The lowest BCUT2D eigenvalue weighted by Crippen LogP contribution is -2.20. The van der Waals surface area contributed by atoms with Gasteiger partial charge in [-0.05, 0) is 55.3 Å². The third-order valence-electron chi connectivity index (χ3n) is 2.77. The molecule has 0 saturated carbocycles. The van der Waals surface area contributed by atoms with Crippen molar-refractivity contribution in [2.75, 3.05) is 10.6 Å². The van der Waals surface area contributed by atoms with Gasteiger partial charge in [-0.25, -0.2) is 9.18 Å². The van der Waals surface area contributed by atoms with E-state index in [4.69, 9.17) is 11.6 Å². The number of carbonyl (C=O) groups is 1. The number of aryl methyl sites for hydroxylation is 2. The lowest BCUT2D eigenvalue weighted by atomic mass is 10.1. The molecule has 0 aliphatic carbocycles. The van der Waals surface area contributed by atoms with Crippen molar-refractivity contribution >= 4 is 29.0 Å². The van der Waals surface area contributed by atoms with Gasteiger partial charge in [0.25, 0.3) is 0 Å². The maximum absolute atomic E-state index is 12.8. The van der Waals surface area contributed by atoms with Crippen LogP contribution >= 0.6 is 11.6 Å². The van der Waals surface area contributed by atoms with E-state index in [9.17, 15) is 9.18 Å². The van der Waals surface area contributed by atoms with Crippen LogP contribution in [0.15, 0.2) is 36.4 Å². The second kappa shape index (κ2) is 5.92. The van der Waals surface area contributed by atoms with Crippen LogP contribution in [-0.2, 0) is 0 Å². The number of hydrogen-bond donors (Lipinski definition) is 2. The predicted molar refractivity (Wildman–Crippen MR) is 80.0 cm³/mol. The van der Waals surface area contributed by atoms with E-state index in [0.29, 0.717) is 16.4 Å². The fourth-order valence-corrected chi connectivity index (χ4v) is 2.25. The molecule has 0 heterocycles. The molecule has 104 valence electrons. The van der Waals surface area contributed by atoms with Gasteiger partial charge in [-0.3, -0.25) is 0 Å². The Morgan fingerprint density at radius 2 is 1.75 bits per heavy atom. The maximum atomic E-state index is 12.8. The molecule has 0 spiro atoms. The van der Waals surface area contributed by atoms with Gasteiger partial charge in [0.15, 0.2) is 0 Å². The van der Waals surface area contributed by atoms with Crippen LogP contribution in [0.25, 0.3) is 0 Å². The van der Waals surface area contributed by atoms with Crippen molar-refractivity contribution in [3.8, 4) is 0 Å². The van der Waals surface area contributed by atoms with Gasteiger partial charge >= 0.3 is 6.03 Å². The van der Waals surface area contributed by atoms with Gasteiger partial charge in [0.1, 0.15) is 5.82 Å². The van der Waals surface area contributed by atoms with Gasteiger partial charge in [-0.15, -0.1) is 0 Å². The van der Waals surface area contributed by atoms with Crippen LogP contribution in [-0.4, -0.2) is 6.03 Å². The normalized spacial score (nSPS) is 10.2. The number of amides is 2. The van der Waals surface area contributed by atoms with E-state index in [1.807, 2.05) is 19.9 Å². The van der Waals surface area contributed by atoms with Gasteiger partial charge in [0.05, 0.1) is 10.7 Å². The lowest BCUT2D eigenvalue weighted by molar-refractivity contribution is 0.262. The first-order valence-electron chi connectivity index (χ1n) is 6.06. The van der Waals surface area contributed by atoms with Crippen LogP contribution in [0.4, 0.5) is 20.6 Å². The Balaban J connectivity index is 2.10. The molecular formula is C15H14ClFN2O. The molecule has 2 aromatic carbocycles. The van der Waals surface area contributed by atoms with Crippen molar-refractivity contribution in [3.63, 3.8) is 0 Å². The average Bonchev–Trinajstić information content (AvgIpc) is 2.36. The van der Waals surface area contributed by atoms with Crippen LogP contribution in [0.3, 0.4) is 0 Å². The number of benzene rings is 2. The first-order chi connectivity index (χ1) is 9.45. The Morgan fingerprint density at radius 3 is 2.35 bits per heavy atom. The van der Waals surface area contributed by atoms with E-state index in [-0.39, 0.29) is 5.82 Å². The summed E-state index contributed by atoms with van der Waals surface area (Å²) in [5, 5.41) is 5.79. The Kier molecular flexibility index (Phi) is 4.25. The number of carbonyl (C=O) groups excluding carboxylic acids is 1. The highest BCUT2D eigenvalue weighted by molar-refractivity contribution is 6.34. The van der Waals surface area contributed by atoms with Crippen molar-refractivity contribution in [3.05, 3.63) is 58.4 Å². The summed E-state index contributed by atoms with van der Waals surface area (Å²) in [7, 11) is 0. The molecule has 2 N–H and O–H groups in total. The Bertz CT molecular complexity index is 618. The second-order valence-corrected chi connectivity index (χ2v) is 4.93. The smallest absolute Gasteiger partial charge is 0.308 e. The molecule has 0 bridgehead atoms. The zero-order chi connectivity index (χ0) is 14.7. The molecule has 0 atom stereocenters. The minimum absolute atomic E-state index is 0.353. The van der Waals surface area contributed by atoms with Crippen LogP contribution in [0.5, 0.6) is 0 Å². The maximum Gasteiger partial charge on any atom is 0.323 e. The van der Waals surface area contributed by atoms with Crippen LogP contribution < -0.4 is 10.6 Å². The molecule has 0 fully saturated rings. The fraction of sp³-hybridized carbons (Fsp3) is 0.133. The number of hydrogen-bond acceptors (Lipinski definition) is 1. The Labute approximate surface area is 121 Å². The molecule has 0 unspecified atom stereocenters. The first kappa shape index (κ1) is 14.3. The summed E-state index contributed by atoms with van der Waals surface area (Å²) in [6.45, 7) is 3.80. The third kappa shape index (κ3) is 3.48. The second-order valence-electron chi connectivity index (χ2n) is 4.52. The van der Waals surface area contributed by atoms with E-state index < -0.39 is 6.03 Å². The van der Waals surface area contributed by atoms with Crippen molar-refractivity contribution in [1.82, 2.24) is 0 Å². The minimum atomic E-state index is -0.425. The molecule has 0 aliphatic heterocycles. The molecule has 2 rings (SSSR count). The van der Waals surface area contributed by atoms with Gasteiger partial charge < -0.3 is 10.6 Å². The van der Waals surface area contributed by atoms with Crippen LogP contribution in [0.1, 0.15) is 11.1 Å². The summed E-state index contributed by atoms with van der Waals surface area (Å²) in [6, 6.07) is 8.81. The monoisotopic (exact) mass is 292 g/mol. The topological polar surface area (TPSA) is 41.1 Å². The number of anilines is 2. The van der Waals surface area contributed by atoms with Gasteiger partial charge in [0, 0.05) is 5.69 Å². The van der Waals surface area contributed by atoms with E-state index in [0.717, 1.165) is 11.1 Å². The van der Waals surface area contributed by atoms with Gasteiger partial charge in [-0.2, -0.15) is 0 Å². The van der Waals surface area contributed by atoms with Crippen molar-refractivity contribution in [1.29, 1.82) is 0 Å². The Morgan fingerprint density at radius 1 is 1.10 bits per heavy atom. The summed E-state index contributed by atoms with van der Waals surface area (Å²) in [5.74, 6) is -0.353. The molecule has 0 saturated heterocycles. The van der Waals surface area contributed by atoms with Crippen molar-refractivity contribution in [2.24, 2.45) is 0 Å². The zero-order valence-electron chi connectivity index (χ0n) is 11.1. The number of urea groups is 1. The van der Waals surface area contributed by atoms with E-state index >= 15 is 0 Å². The van der Waals surface area contributed by atoms with E-state index in [1.165, 1.54) is 24.3 Å². The summed E-state index contributed by atoms with van der Waals surface area (Å²) in [6.07, 6.45) is 0. The number of rotatable bonds is 2. The minimum Gasteiger partial charge on any atom is -0.308 e. The summed E-state index contributed by atoms with van der Waals surface area (Å²) >= 11 is 6.11. The standard InChI is InChI=1S/C15H14ClFN2O/c1-9-7-10(2)14(13(16)8-9)19-15(20)18-12-5-3-11(17)4-6-12/h3-8H,1-2H3,(H2,18,19,20). The first-order valence-corrected chi connectivity index (χ1v) is 6.44. The summed E-state index contributed by atoms with van der Waals surface area (Å²) in [5.41, 5.74) is 2.97. The highest BCUT2D eigenvalue weighted by Gasteiger charge is 2.09. The Hall–Kier alpha value is -2.07. The quantitative estimate of drug-likeness (QED) is 0.824. The van der Waals surface area contributed by atoms with Crippen molar-refractivity contribution in [2.45, 2.75) is 13.8 Å². The third-order valence-corrected chi connectivity index (χ3v) is 3.07. The molecule has 2 amide bonds. The molecular weight excluding hydrogens is 279 g/mol. The van der Waals surface area contributed by atoms with Crippen LogP contribution in [0, 0.1) is 19.7 Å². The molecule has 2 aromatic rings. The van der Waals surface area contributed by atoms with Crippen LogP contribution in [0.2, 0.25) is 5.02 Å². The molecule has 3 nitrogen and oxygen atoms in total. The number of nitrogens with one attached hydrogen (secondary N) is 2. The summed E-state index contributed by atoms with van der Waals surface area (Å²) < 4.78 is 12.8. The molecule has 20 heavy (non-hydrogen) atoms. The SMILES string of the molecule is Cc1cc(C)c(NC(=O)Nc2ccc(F)cc2)c(Cl)c1. The van der Waals surface area contributed by atoms with E-state index in [1.54, 1.807) is 6.07 Å². The molecule has 5 heteroatoms. The van der Waals surface area contributed by atoms with Crippen molar-refractivity contribution < 1.29 is 9.18 Å². The zero-order valence-corrected chi connectivity index (χ0v) is 11.9.